The van der Waals surface area contributed by atoms with Crippen molar-refractivity contribution in [1.29, 1.82) is 0 Å². The fourth-order valence-electron chi connectivity index (χ4n) is 2.97. The van der Waals surface area contributed by atoms with E-state index in [9.17, 15) is 9.59 Å². The molecule has 1 saturated heterocycles. The van der Waals surface area contributed by atoms with Gasteiger partial charge in [-0.2, -0.15) is 0 Å². The van der Waals surface area contributed by atoms with Gasteiger partial charge in [-0.3, -0.25) is 9.78 Å². The second kappa shape index (κ2) is 7.34. The molecule has 2 heterocycles. The third-order valence-electron chi connectivity index (χ3n) is 4.57. The van der Waals surface area contributed by atoms with Gasteiger partial charge in [0.2, 0.25) is 0 Å². The van der Waals surface area contributed by atoms with Crippen molar-refractivity contribution in [3.05, 3.63) is 48.3 Å². The van der Waals surface area contributed by atoms with Crippen LogP contribution in [0.4, 0.5) is 10.5 Å². The van der Waals surface area contributed by atoms with E-state index in [1.165, 1.54) is 0 Å². The van der Waals surface area contributed by atoms with Crippen LogP contribution in [0.15, 0.2) is 42.6 Å². The largest absolute Gasteiger partial charge is 0.481 e. The van der Waals surface area contributed by atoms with Crippen LogP contribution in [-0.4, -0.2) is 40.1 Å². The molecule has 3 rings (SSSR count). The summed E-state index contributed by atoms with van der Waals surface area (Å²) < 4.78 is 0. The molecule has 0 bridgehead atoms. The van der Waals surface area contributed by atoms with Crippen LogP contribution >= 0.6 is 0 Å². The number of benzene rings is 1. The fraction of sp³-hybridized carbons (Fsp3) is 0.316. The molecule has 2 amide bonds. The average molecular weight is 339 g/mol. The first-order chi connectivity index (χ1) is 12.0. The zero-order valence-electron chi connectivity index (χ0n) is 14.1. The SMILES string of the molecule is Cc1ncc(-c2ccccc2)cc1NC(=O)N1CCC(C(=O)O)CC1. The molecule has 1 aromatic heterocycles. The predicted octanol–water partition coefficient (Wildman–Crippen LogP) is 3.39. The molecular formula is C19H21N3O3. The summed E-state index contributed by atoms with van der Waals surface area (Å²) in [6.07, 6.45) is 2.77. The van der Waals surface area contributed by atoms with Gasteiger partial charge in [0.05, 0.1) is 17.3 Å². The molecule has 0 saturated carbocycles. The highest BCUT2D eigenvalue weighted by Gasteiger charge is 2.27. The second-order valence-corrected chi connectivity index (χ2v) is 6.25. The van der Waals surface area contributed by atoms with Crippen molar-refractivity contribution in [3.63, 3.8) is 0 Å². The Bertz CT molecular complexity index is 769. The third-order valence-corrected chi connectivity index (χ3v) is 4.57. The van der Waals surface area contributed by atoms with E-state index < -0.39 is 5.97 Å². The van der Waals surface area contributed by atoms with E-state index in [0.29, 0.717) is 31.6 Å². The zero-order chi connectivity index (χ0) is 17.8. The predicted molar refractivity (Wildman–Crippen MR) is 95.4 cm³/mol. The van der Waals surface area contributed by atoms with Crippen LogP contribution in [-0.2, 0) is 4.79 Å². The Labute approximate surface area is 146 Å². The van der Waals surface area contributed by atoms with E-state index in [1.54, 1.807) is 11.1 Å². The summed E-state index contributed by atoms with van der Waals surface area (Å²) in [7, 11) is 0. The van der Waals surface area contributed by atoms with Crippen LogP contribution in [0, 0.1) is 12.8 Å². The van der Waals surface area contributed by atoms with Gasteiger partial charge in [0.1, 0.15) is 0 Å². The summed E-state index contributed by atoms with van der Waals surface area (Å²) >= 11 is 0. The van der Waals surface area contributed by atoms with Crippen LogP contribution in [0.3, 0.4) is 0 Å². The number of rotatable bonds is 3. The minimum atomic E-state index is -0.782. The Hall–Kier alpha value is -2.89. The van der Waals surface area contributed by atoms with E-state index in [4.69, 9.17) is 5.11 Å². The lowest BCUT2D eigenvalue weighted by atomic mass is 9.97. The van der Waals surface area contributed by atoms with Crippen molar-refractivity contribution in [2.75, 3.05) is 18.4 Å². The molecule has 0 aliphatic carbocycles. The number of anilines is 1. The molecule has 2 N–H and O–H groups in total. The highest BCUT2D eigenvalue weighted by molar-refractivity contribution is 5.91. The Morgan fingerprint density at radius 3 is 2.48 bits per heavy atom. The molecule has 6 heteroatoms. The van der Waals surface area contributed by atoms with Gasteiger partial charge in [-0.1, -0.05) is 30.3 Å². The maximum absolute atomic E-state index is 12.5. The number of nitrogens with one attached hydrogen (secondary N) is 1. The number of carboxylic acids is 1. The number of hydrogen-bond acceptors (Lipinski definition) is 3. The van der Waals surface area contributed by atoms with E-state index in [-0.39, 0.29) is 11.9 Å². The highest BCUT2D eigenvalue weighted by atomic mass is 16.4. The van der Waals surface area contributed by atoms with Crippen LogP contribution in [0.25, 0.3) is 11.1 Å². The minimum absolute atomic E-state index is 0.209. The number of aryl methyl sites for hydroxylation is 1. The maximum atomic E-state index is 12.5. The first-order valence-corrected chi connectivity index (χ1v) is 8.35. The topological polar surface area (TPSA) is 82.5 Å². The summed E-state index contributed by atoms with van der Waals surface area (Å²) in [6.45, 7) is 2.75. The van der Waals surface area contributed by atoms with E-state index in [1.807, 2.05) is 43.3 Å². The summed E-state index contributed by atoms with van der Waals surface area (Å²) in [5.41, 5.74) is 3.39. The quantitative estimate of drug-likeness (QED) is 0.898. The van der Waals surface area contributed by atoms with Crippen LogP contribution in [0.1, 0.15) is 18.5 Å². The summed E-state index contributed by atoms with van der Waals surface area (Å²) in [5.74, 6) is -1.13. The van der Waals surface area contributed by atoms with Gasteiger partial charge >= 0.3 is 12.0 Å². The number of carboxylic acid groups (broad SMARTS) is 1. The molecule has 25 heavy (non-hydrogen) atoms. The summed E-state index contributed by atoms with van der Waals surface area (Å²) in [6, 6.07) is 11.6. The molecular weight excluding hydrogens is 318 g/mol. The Morgan fingerprint density at radius 2 is 1.84 bits per heavy atom. The fourth-order valence-corrected chi connectivity index (χ4v) is 2.97. The van der Waals surface area contributed by atoms with Gasteiger partial charge in [0, 0.05) is 24.8 Å². The number of hydrogen-bond donors (Lipinski definition) is 2. The average Bonchev–Trinajstić information content (AvgIpc) is 2.64. The van der Waals surface area contributed by atoms with E-state index in [2.05, 4.69) is 10.3 Å². The van der Waals surface area contributed by atoms with Gasteiger partial charge in [-0.25, -0.2) is 4.79 Å². The maximum Gasteiger partial charge on any atom is 0.321 e. The van der Waals surface area contributed by atoms with Gasteiger partial charge in [-0.15, -0.1) is 0 Å². The van der Waals surface area contributed by atoms with E-state index >= 15 is 0 Å². The lowest BCUT2D eigenvalue weighted by molar-refractivity contribution is -0.143. The number of aliphatic carboxylic acids is 1. The number of carbonyl (C=O) groups is 2. The summed E-state index contributed by atoms with van der Waals surface area (Å²) in [5, 5.41) is 12.0. The second-order valence-electron chi connectivity index (χ2n) is 6.25. The molecule has 130 valence electrons. The smallest absolute Gasteiger partial charge is 0.321 e. The van der Waals surface area contributed by atoms with Crippen molar-refractivity contribution in [1.82, 2.24) is 9.88 Å². The van der Waals surface area contributed by atoms with Crippen LogP contribution < -0.4 is 5.32 Å². The molecule has 1 aliphatic heterocycles. The van der Waals surface area contributed by atoms with Gasteiger partial charge < -0.3 is 15.3 Å². The van der Waals surface area contributed by atoms with Gasteiger partial charge in [-0.05, 0) is 31.4 Å². The monoisotopic (exact) mass is 339 g/mol. The Morgan fingerprint density at radius 1 is 1.16 bits per heavy atom. The standard InChI is InChI=1S/C19H21N3O3/c1-13-17(11-16(12-20-13)14-5-3-2-4-6-14)21-19(25)22-9-7-15(8-10-22)18(23)24/h2-6,11-12,15H,7-10H2,1H3,(H,21,25)(H,23,24). The zero-order valence-corrected chi connectivity index (χ0v) is 14.1. The number of amides is 2. The van der Waals surface area contributed by atoms with Crippen molar-refractivity contribution in [2.24, 2.45) is 5.92 Å². The highest BCUT2D eigenvalue weighted by Crippen LogP contribution is 2.24. The van der Waals surface area contributed by atoms with Crippen LogP contribution in [0.5, 0.6) is 0 Å². The minimum Gasteiger partial charge on any atom is -0.481 e. The van der Waals surface area contributed by atoms with Gasteiger partial charge in [0.25, 0.3) is 0 Å². The Balaban J connectivity index is 1.70. The van der Waals surface area contributed by atoms with Gasteiger partial charge in [0.15, 0.2) is 0 Å². The molecule has 0 atom stereocenters. The van der Waals surface area contributed by atoms with Crippen LogP contribution in [0.2, 0.25) is 0 Å². The summed E-state index contributed by atoms with van der Waals surface area (Å²) in [4.78, 5) is 29.5. The first-order valence-electron chi connectivity index (χ1n) is 8.35. The lowest BCUT2D eigenvalue weighted by Gasteiger charge is -2.30. The lowest BCUT2D eigenvalue weighted by Crippen LogP contribution is -2.42. The molecule has 1 aliphatic rings. The molecule has 1 aromatic carbocycles. The van der Waals surface area contributed by atoms with E-state index in [0.717, 1.165) is 16.8 Å². The number of piperidine rings is 1. The number of carbonyl (C=O) groups excluding carboxylic acids is 1. The number of urea groups is 1. The third kappa shape index (κ3) is 3.96. The first kappa shape index (κ1) is 17.0. The normalized spacial score (nSPS) is 15.0. The molecule has 6 nitrogen and oxygen atoms in total. The molecule has 0 unspecified atom stereocenters. The van der Waals surface area contributed by atoms with Crippen molar-refractivity contribution < 1.29 is 14.7 Å². The Kier molecular flexibility index (Phi) is 4.97. The number of likely N-dealkylation sites (tertiary alicyclic amines) is 1. The number of aromatic nitrogens is 1. The molecule has 0 radical (unpaired) electrons. The number of nitrogens with zero attached hydrogens (tertiary/aromatic N) is 2. The molecule has 2 aromatic rings. The van der Waals surface area contributed by atoms with Crippen molar-refractivity contribution in [3.8, 4) is 11.1 Å². The van der Waals surface area contributed by atoms with Crippen molar-refractivity contribution in [2.45, 2.75) is 19.8 Å². The number of pyridine rings is 1. The molecule has 1 fully saturated rings. The molecule has 0 spiro atoms. The van der Waals surface area contributed by atoms with Crippen molar-refractivity contribution >= 4 is 17.7 Å².